The maximum absolute atomic E-state index is 13.5. The number of aromatic nitrogens is 2. The smallest absolute Gasteiger partial charge is 0.338 e. The average molecular weight is 440 g/mol. The standard InChI is InChI=1S/C27H25N3O3/c1-4-33-26(31)23-24(18-12-14-20(32-3)15-13-18)29-27-28-21-10-5-6-11-22(21)30(27)25(23)19-9-7-8-17(2)16-19/h5-16,25H,4H2,1-3H3,(H,28,29)/t25-/m0/s1. The third kappa shape index (κ3) is 3.63. The molecule has 0 bridgehead atoms. The Kier molecular flexibility index (Phi) is 5.34. The number of hydrogen-bond donors (Lipinski definition) is 1. The molecule has 0 saturated heterocycles. The lowest BCUT2D eigenvalue weighted by Gasteiger charge is -2.31. The summed E-state index contributed by atoms with van der Waals surface area (Å²) in [5.74, 6) is 1.07. The van der Waals surface area contributed by atoms with E-state index in [1.54, 1.807) is 7.11 Å². The number of esters is 1. The lowest BCUT2D eigenvalue weighted by Crippen LogP contribution is -2.29. The molecule has 166 valence electrons. The van der Waals surface area contributed by atoms with Gasteiger partial charge < -0.3 is 14.8 Å². The Labute approximate surface area is 192 Å². The Morgan fingerprint density at radius 3 is 2.58 bits per heavy atom. The first kappa shape index (κ1) is 20.8. The Hall–Kier alpha value is -4.06. The summed E-state index contributed by atoms with van der Waals surface area (Å²) in [5, 5.41) is 3.43. The number of carbonyl (C=O) groups is 1. The Morgan fingerprint density at radius 1 is 1.06 bits per heavy atom. The summed E-state index contributed by atoms with van der Waals surface area (Å²) in [7, 11) is 1.63. The summed E-state index contributed by atoms with van der Waals surface area (Å²) in [6.45, 7) is 4.16. The van der Waals surface area contributed by atoms with Gasteiger partial charge in [-0.3, -0.25) is 4.57 Å². The predicted molar refractivity (Wildman–Crippen MR) is 129 cm³/mol. The van der Waals surface area contributed by atoms with Gasteiger partial charge in [-0.25, -0.2) is 9.78 Å². The van der Waals surface area contributed by atoms with Crippen LogP contribution in [0.1, 0.15) is 29.7 Å². The first-order valence-electron chi connectivity index (χ1n) is 11.0. The molecule has 1 atom stereocenters. The monoisotopic (exact) mass is 439 g/mol. The molecule has 4 aromatic rings. The molecule has 6 nitrogen and oxygen atoms in total. The first-order valence-corrected chi connectivity index (χ1v) is 11.0. The van der Waals surface area contributed by atoms with E-state index in [0.29, 0.717) is 17.2 Å². The van der Waals surface area contributed by atoms with Gasteiger partial charge in [-0.05, 0) is 61.4 Å². The summed E-state index contributed by atoms with van der Waals surface area (Å²) in [5.41, 5.74) is 6.00. The van der Waals surface area contributed by atoms with Crippen molar-refractivity contribution in [2.24, 2.45) is 0 Å². The molecule has 3 aromatic carbocycles. The van der Waals surface area contributed by atoms with E-state index >= 15 is 0 Å². The van der Waals surface area contributed by atoms with Crippen LogP contribution in [0.15, 0.2) is 78.4 Å². The molecular weight excluding hydrogens is 414 g/mol. The number of fused-ring (bicyclic) bond motifs is 3. The molecule has 2 heterocycles. The largest absolute Gasteiger partial charge is 0.497 e. The van der Waals surface area contributed by atoms with Crippen molar-refractivity contribution >= 4 is 28.6 Å². The Bertz CT molecular complexity index is 1370. The van der Waals surface area contributed by atoms with Gasteiger partial charge in [0.1, 0.15) is 5.75 Å². The summed E-state index contributed by atoms with van der Waals surface area (Å²) in [6.07, 6.45) is 0. The van der Waals surface area contributed by atoms with Crippen molar-refractivity contribution in [1.29, 1.82) is 0 Å². The van der Waals surface area contributed by atoms with E-state index in [-0.39, 0.29) is 12.6 Å². The molecule has 0 saturated carbocycles. The number of rotatable bonds is 5. The van der Waals surface area contributed by atoms with Crippen molar-refractivity contribution in [2.45, 2.75) is 19.9 Å². The van der Waals surface area contributed by atoms with Crippen molar-refractivity contribution in [3.05, 3.63) is 95.1 Å². The number of anilines is 1. The van der Waals surface area contributed by atoms with Gasteiger partial charge in [0.05, 0.1) is 42.1 Å². The highest BCUT2D eigenvalue weighted by Gasteiger charge is 2.36. The van der Waals surface area contributed by atoms with Crippen LogP contribution in [0.3, 0.4) is 0 Å². The molecule has 0 aliphatic carbocycles. The number of aryl methyl sites for hydroxylation is 1. The minimum absolute atomic E-state index is 0.288. The van der Waals surface area contributed by atoms with Crippen LogP contribution in [-0.4, -0.2) is 29.2 Å². The highest BCUT2D eigenvalue weighted by molar-refractivity contribution is 6.03. The fourth-order valence-electron chi connectivity index (χ4n) is 4.40. The minimum atomic E-state index is -0.398. The van der Waals surface area contributed by atoms with Crippen LogP contribution < -0.4 is 10.1 Å². The van der Waals surface area contributed by atoms with Crippen LogP contribution >= 0.6 is 0 Å². The van der Waals surface area contributed by atoms with E-state index < -0.39 is 6.04 Å². The van der Waals surface area contributed by atoms with Crippen molar-refractivity contribution in [3.63, 3.8) is 0 Å². The second kappa shape index (κ2) is 8.47. The number of nitrogens with zero attached hydrogens (tertiary/aromatic N) is 2. The minimum Gasteiger partial charge on any atom is -0.497 e. The SMILES string of the molecule is CCOC(=O)C1=C(c2ccc(OC)cc2)Nc2nc3ccccc3n2[C@H]1c1cccc(C)c1. The fraction of sp³-hybridized carbons (Fsp3) is 0.185. The van der Waals surface area contributed by atoms with E-state index in [1.807, 2.05) is 67.6 Å². The van der Waals surface area contributed by atoms with Gasteiger partial charge in [-0.15, -0.1) is 0 Å². The van der Waals surface area contributed by atoms with Crippen LogP contribution in [0.4, 0.5) is 5.95 Å². The van der Waals surface area contributed by atoms with Crippen LogP contribution in [0, 0.1) is 6.92 Å². The molecule has 0 fully saturated rings. The molecule has 0 amide bonds. The van der Waals surface area contributed by atoms with Crippen LogP contribution in [0.5, 0.6) is 5.75 Å². The number of hydrogen-bond acceptors (Lipinski definition) is 5. The molecule has 1 aliphatic rings. The van der Waals surface area contributed by atoms with Crippen molar-refractivity contribution in [2.75, 3.05) is 19.0 Å². The number of benzene rings is 3. The molecule has 1 aliphatic heterocycles. The van der Waals surface area contributed by atoms with Gasteiger partial charge >= 0.3 is 5.97 Å². The number of carbonyl (C=O) groups excluding carboxylic acids is 1. The number of nitrogens with one attached hydrogen (secondary N) is 1. The van der Waals surface area contributed by atoms with Gasteiger partial charge in [0, 0.05) is 0 Å². The summed E-state index contributed by atoms with van der Waals surface area (Å²) >= 11 is 0. The van der Waals surface area contributed by atoms with Gasteiger partial charge in [-0.2, -0.15) is 0 Å². The fourth-order valence-corrected chi connectivity index (χ4v) is 4.40. The summed E-state index contributed by atoms with van der Waals surface area (Å²) < 4.78 is 13.0. The van der Waals surface area contributed by atoms with Gasteiger partial charge in [0.25, 0.3) is 0 Å². The van der Waals surface area contributed by atoms with Crippen molar-refractivity contribution in [3.8, 4) is 5.75 Å². The molecular formula is C27H25N3O3. The zero-order valence-electron chi connectivity index (χ0n) is 18.8. The van der Waals surface area contributed by atoms with Gasteiger partial charge in [-0.1, -0.05) is 42.0 Å². The highest BCUT2D eigenvalue weighted by Crippen LogP contribution is 2.42. The van der Waals surface area contributed by atoms with E-state index in [1.165, 1.54) is 0 Å². The topological polar surface area (TPSA) is 65.4 Å². The third-order valence-corrected chi connectivity index (χ3v) is 5.87. The number of ether oxygens (including phenoxy) is 2. The van der Waals surface area contributed by atoms with Crippen LogP contribution in [-0.2, 0) is 9.53 Å². The molecule has 0 radical (unpaired) electrons. The van der Waals surface area contributed by atoms with E-state index in [4.69, 9.17) is 14.5 Å². The van der Waals surface area contributed by atoms with Crippen LogP contribution in [0.2, 0.25) is 0 Å². The van der Waals surface area contributed by atoms with E-state index in [9.17, 15) is 4.79 Å². The first-order chi connectivity index (χ1) is 16.1. The third-order valence-electron chi connectivity index (χ3n) is 5.87. The quantitative estimate of drug-likeness (QED) is 0.425. The zero-order chi connectivity index (χ0) is 22.9. The Balaban J connectivity index is 1.81. The molecule has 1 aromatic heterocycles. The highest BCUT2D eigenvalue weighted by atomic mass is 16.5. The van der Waals surface area contributed by atoms with Crippen molar-refractivity contribution < 1.29 is 14.3 Å². The second-order valence-electron chi connectivity index (χ2n) is 7.97. The second-order valence-corrected chi connectivity index (χ2v) is 7.97. The maximum atomic E-state index is 13.5. The molecule has 0 spiro atoms. The Morgan fingerprint density at radius 2 is 1.85 bits per heavy atom. The van der Waals surface area contributed by atoms with E-state index in [0.717, 1.165) is 33.5 Å². The number of methoxy groups -OCH3 is 1. The average Bonchev–Trinajstić information content (AvgIpc) is 3.21. The molecule has 0 unspecified atom stereocenters. The molecule has 1 N–H and O–H groups in total. The predicted octanol–water partition coefficient (Wildman–Crippen LogP) is 5.34. The van der Waals surface area contributed by atoms with E-state index in [2.05, 4.69) is 28.9 Å². The van der Waals surface area contributed by atoms with Crippen molar-refractivity contribution in [1.82, 2.24) is 9.55 Å². The van der Waals surface area contributed by atoms with Gasteiger partial charge in [0.15, 0.2) is 0 Å². The maximum Gasteiger partial charge on any atom is 0.338 e. The lowest BCUT2D eigenvalue weighted by molar-refractivity contribution is -0.138. The van der Waals surface area contributed by atoms with Crippen LogP contribution in [0.25, 0.3) is 16.7 Å². The van der Waals surface area contributed by atoms with Gasteiger partial charge in [0.2, 0.25) is 5.95 Å². The zero-order valence-corrected chi connectivity index (χ0v) is 18.8. The molecule has 33 heavy (non-hydrogen) atoms. The molecule has 5 rings (SSSR count). The molecule has 6 heteroatoms. The summed E-state index contributed by atoms with van der Waals surface area (Å²) in [4.78, 5) is 18.3. The number of imidazole rings is 1. The normalized spacial score (nSPS) is 15.2. The summed E-state index contributed by atoms with van der Waals surface area (Å²) in [6, 6.07) is 23.4. The lowest BCUT2D eigenvalue weighted by atomic mass is 9.91. The number of para-hydroxylation sites is 2.